The largest absolute Gasteiger partial charge is 0.504 e. The average Bonchev–Trinajstić information content (AvgIpc) is 2.79. The number of nitriles is 1. The lowest BCUT2D eigenvalue weighted by Crippen LogP contribution is -2.32. The molecular formula is C24H31N3O4. The normalized spacial score (nSPS) is 12.8. The van der Waals surface area contributed by atoms with Crippen LogP contribution in [0.5, 0.6) is 17.2 Å². The summed E-state index contributed by atoms with van der Waals surface area (Å²) in [6.45, 7) is 5.62. The maximum absolute atomic E-state index is 11.0. The van der Waals surface area contributed by atoms with E-state index in [9.17, 15) is 15.3 Å². The molecule has 0 saturated carbocycles. The molecule has 0 aliphatic heterocycles. The van der Waals surface area contributed by atoms with E-state index in [0.29, 0.717) is 17.9 Å². The van der Waals surface area contributed by atoms with Crippen LogP contribution in [0.4, 0.5) is 5.69 Å². The zero-order chi connectivity index (χ0) is 22.9. The van der Waals surface area contributed by atoms with Gasteiger partial charge in [-0.25, -0.2) is 0 Å². The number of methoxy groups -OCH3 is 2. The monoisotopic (exact) mass is 425 g/mol. The Hall–Kier alpha value is -3.11. The highest BCUT2D eigenvalue weighted by molar-refractivity contribution is 5.55. The number of benzene rings is 2. The van der Waals surface area contributed by atoms with Gasteiger partial charge in [-0.15, -0.1) is 4.91 Å². The lowest BCUT2D eigenvalue weighted by Gasteiger charge is -2.32. The summed E-state index contributed by atoms with van der Waals surface area (Å²) in [6, 6.07) is 13.0. The van der Waals surface area contributed by atoms with E-state index in [1.165, 1.54) is 14.2 Å². The minimum Gasteiger partial charge on any atom is -0.504 e. The first-order chi connectivity index (χ1) is 14.9. The van der Waals surface area contributed by atoms with Crippen molar-refractivity contribution in [2.75, 3.05) is 27.3 Å². The van der Waals surface area contributed by atoms with Crippen LogP contribution in [0.25, 0.3) is 0 Å². The van der Waals surface area contributed by atoms with Crippen LogP contribution in [0.2, 0.25) is 0 Å². The van der Waals surface area contributed by atoms with Crippen LogP contribution in [0.15, 0.2) is 41.6 Å². The Labute approximate surface area is 184 Å². The number of hydrogen-bond donors (Lipinski definition) is 2. The summed E-state index contributed by atoms with van der Waals surface area (Å²) in [6.07, 6.45) is 2.31. The molecule has 0 amide bonds. The third kappa shape index (κ3) is 5.74. The van der Waals surface area contributed by atoms with E-state index >= 15 is 0 Å². The second kappa shape index (κ2) is 11.3. The van der Waals surface area contributed by atoms with Crippen molar-refractivity contribution in [3.63, 3.8) is 0 Å². The third-order valence-electron chi connectivity index (χ3n) is 5.74. The van der Waals surface area contributed by atoms with Gasteiger partial charge in [0.2, 0.25) is 0 Å². The van der Waals surface area contributed by atoms with Crippen LogP contribution >= 0.6 is 0 Å². The van der Waals surface area contributed by atoms with Gasteiger partial charge in [0.05, 0.1) is 25.7 Å². The summed E-state index contributed by atoms with van der Waals surface area (Å²) < 4.78 is 10.4. The van der Waals surface area contributed by atoms with Gasteiger partial charge in [-0.1, -0.05) is 26.0 Å². The van der Waals surface area contributed by atoms with Gasteiger partial charge >= 0.3 is 0 Å². The van der Waals surface area contributed by atoms with Gasteiger partial charge in [0, 0.05) is 0 Å². The standard InChI is InChI=1S/C24H31N3O4/c1-17(2)24(16-25,19-7-8-20(27-29)22(15-19)30-3)11-5-12-26-13-10-18-6-9-21(28)23(14-18)31-4/h6-9,14-15,17,26,28H,5,10-13H2,1-4H3. The molecule has 2 aromatic rings. The van der Waals surface area contributed by atoms with Crippen LogP contribution in [0.1, 0.15) is 37.8 Å². The van der Waals surface area contributed by atoms with E-state index in [1.807, 2.05) is 26.0 Å². The molecule has 0 bridgehead atoms. The molecule has 0 saturated heterocycles. The molecule has 2 rings (SSSR count). The molecule has 7 nitrogen and oxygen atoms in total. The van der Waals surface area contributed by atoms with Crippen LogP contribution in [-0.4, -0.2) is 32.4 Å². The van der Waals surface area contributed by atoms with Gasteiger partial charge in [-0.2, -0.15) is 5.26 Å². The Bertz CT molecular complexity index is 924. The molecule has 0 spiro atoms. The number of rotatable bonds is 12. The summed E-state index contributed by atoms with van der Waals surface area (Å²) in [5.41, 5.74) is 1.47. The van der Waals surface area contributed by atoms with Gasteiger partial charge in [-0.05, 0) is 78.8 Å². The lowest BCUT2D eigenvalue weighted by atomic mass is 9.69. The minimum atomic E-state index is -0.680. The molecule has 166 valence electrons. The van der Waals surface area contributed by atoms with Gasteiger partial charge in [0.15, 0.2) is 11.5 Å². The molecule has 0 fully saturated rings. The van der Waals surface area contributed by atoms with E-state index < -0.39 is 5.41 Å². The van der Waals surface area contributed by atoms with Crippen LogP contribution in [-0.2, 0) is 11.8 Å². The highest BCUT2D eigenvalue weighted by atomic mass is 16.5. The maximum Gasteiger partial charge on any atom is 0.160 e. The fourth-order valence-corrected chi connectivity index (χ4v) is 3.77. The lowest BCUT2D eigenvalue weighted by molar-refractivity contribution is 0.353. The SMILES string of the molecule is COc1cc(CCNCCCC(C#N)(c2ccc(N=O)c(OC)c2)C(C)C)ccc1O. The van der Waals surface area contributed by atoms with Crippen LogP contribution in [0, 0.1) is 22.2 Å². The maximum atomic E-state index is 11.0. The van der Waals surface area contributed by atoms with E-state index in [0.717, 1.165) is 37.1 Å². The molecule has 0 heterocycles. The molecule has 1 unspecified atom stereocenters. The molecule has 1 atom stereocenters. The molecule has 0 aliphatic carbocycles. The Morgan fingerprint density at radius 3 is 2.48 bits per heavy atom. The number of ether oxygens (including phenoxy) is 2. The highest BCUT2D eigenvalue weighted by Gasteiger charge is 2.36. The topological polar surface area (TPSA) is 104 Å². The van der Waals surface area contributed by atoms with Crippen molar-refractivity contribution < 1.29 is 14.6 Å². The van der Waals surface area contributed by atoms with E-state index in [2.05, 4.69) is 16.6 Å². The number of hydrogen-bond acceptors (Lipinski definition) is 7. The zero-order valence-electron chi connectivity index (χ0n) is 18.6. The molecule has 31 heavy (non-hydrogen) atoms. The Balaban J connectivity index is 1.97. The smallest absolute Gasteiger partial charge is 0.160 e. The van der Waals surface area contributed by atoms with Crippen LogP contribution in [0.3, 0.4) is 0 Å². The summed E-state index contributed by atoms with van der Waals surface area (Å²) in [5.74, 6) is 1.07. The van der Waals surface area contributed by atoms with E-state index in [1.54, 1.807) is 24.3 Å². The van der Waals surface area contributed by atoms with Crippen molar-refractivity contribution in [1.82, 2.24) is 5.32 Å². The first-order valence-electron chi connectivity index (χ1n) is 10.4. The predicted octanol–water partition coefficient (Wildman–Crippen LogP) is 4.84. The minimum absolute atomic E-state index is 0.0849. The summed E-state index contributed by atoms with van der Waals surface area (Å²) in [7, 11) is 3.02. The van der Waals surface area contributed by atoms with Crippen molar-refractivity contribution in [3.05, 3.63) is 52.4 Å². The second-order valence-corrected chi connectivity index (χ2v) is 7.83. The Morgan fingerprint density at radius 1 is 1.13 bits per heavy atom. The molecule has 0 radical (unpaired) electrons. The van der Waals surface area contributed by atoms with Gasteiger partial charge in [0.25, 0.3) is 0 Å². The average molecular weight is 426 g/mol. The number of phenolic OH excluding ortho intramolecular Hbond substituents is 1. The summed E-state index contributed by atoms with van der Waals surface area (Å²) >= 11 is 0. The van der Waals surface area contributed by atoms with Crippen molar-refractivity contribution >= 4 is 5.69 Å². The predicted molar refractivity (Wildman–Crippen MR) is 121 cm³/mol. The molecular weight excluding hydrogens is 394 g/mol. The summed E-state index contributed by atoms with van der Waals surface area (Å²) in [5, 5.41) is 26.2. The van der Waals surface area contributed by atoms with Gasteiger partial charge in [0.1, 0.15) is 11.4 Å². The fourth-order valence-electron chi connectivity index (χ4n) is 3.77. The molecule has 7 heteroatoms. The van der Waals surface area contributed by atoms with Gasteiger partial charge < -0.3 is 19.9 Å². The second-order valence-electron chi connectivity index (χ2n) is 7.83. The van der Waals surface area contributed by atoms with Crippen molar-refractivity contribution in [3.8, 4) is 23.3 Å². The van der Waals surface area contributed by atoms with E-state index in [4.69, 9.17) is 9.47 Å². The molecule has 0 aliphatic rings. The number of nitroso groups, excluding NO2 is 1. The first kappa shape index (κ1) is 24.2. The van der Waals surface area contributed by atoms with Crippen molar-refractivity contribution in [2.24, 2.45) is 11.1 Å². The third-order valence-corrected chi connectivity index (χ3v) is 5.74. The molecule has 2 aromatic carbocycles. The van der Waals surface area contributed by atoms with Crippen molar-refractivity contribution in [1.29, 1.82) is 5.26 Å². The fraction of sp³-hybridized carbons (Fsp3) is 0.458. The van der Waals surface area contributed by atoms with Crippen molar-refractivity contribution in [2.45, 2.75) is 38.5 Å². The number of nitrogens with one attached hydrogen (secondary N) is 1. The Morgan fingerprint density at radius 2 is 1.87 bits per heavy atom. The first-order valence-corrected chi connectivity index (χ1v) is 10.4. The Kier molecular flexibility index (Phi) is 8.83. The molecule has 0 aromatic heterocycles. The van der Waals surface area contributed by atoms with Crippen LogP contribution < -0.4 is 14.8 Å². The summed E-state index contributed by atoms with van der Waals surface area (Å²) in [4.78, 5) is 11.0. The number of aromatic hydroxyl groups is 1. The van der Waals surface area contributed by atoms with Gasteiger partial charge in [-0.3, -0.25) is 0 Å². The highest BCUT2D eigenvalue weighted by Crippen LogP contribution is 2.40. The molecule has 2 N–H and O–H groups in total. The number of phenols is 1. The zero-order valence-corrected chi connectivity index (χ0v) is 18.6. The van der Waals surface area contributed by atoms with E-state index in [-0.39, 0.29) is 17.4 Å². The quantitative estimate of drug-likeness (QED) is 0.373. The number of nitrogens with zero attached hydrogens (tertiary/aromatic N) is 2.